The maximum Gasteiger partial charge on any atom is 0.490 e. The van der Waals surface area contributed by atoms with Gasteiger partial charge >= 0.3 is 24.3 Å². The predicted molar refractivity (Wildman–Crippen MR) is 147 cm³/mol. The number of benzene rings is 1. The van der Waals surface area contributed by atoms with Crippen molar-refractivity contribution in [2.75, 3.05) is 6.54 Å². The molecule has 16 heteroatoms. The average molecular weight is 644 g/mol. The number of carboxylic acid groups (broad SMARTS) is 2. The summed E-state index contributed by atoms with van der Waals surface area (Å²) in [6, 6.07) is 14.1. The number of rotatable bonds is 5. The van der Waals surface area contributed by atoms with Crippen molar-refractivity contribution in [3.8, 4) is 5.82 Å². The number of nitrogens with one attached hydrogen (secondary N) is 1. The summed E-state index contributed by atoms with van der Waals surface area (Å²) >= 11 is 0. The van der Waals surface area contributed by atoms with Crippen LogP contribution in [0.5, 0.6) is 0 Å². The van der Waals surface area contributed by atoms with Gasteiger partial charge in [0.05, 0.1) is 17.5 Å². The molecule has 0 saturated heterocycles. The standard InChI is InChI=1S/C25H29N5O.2C2HF3O2/c31-25(27-14-19-8-3-1-4-9-19)22-15-28-30-23(22)18-29(16-20-10-5-2-6-11-20)17-21-12-7-13-26-24(21)30;2*3-2(4,5)1(6)7/h1,3-4,7-9,12-13,15,20H,2,5-6,10-11,14,16-18H2,(H,27,31);2*(H,6,7). The molecular weight excluding hydrogens is 612 g/mol. The number of nitrogens with zero attached hydrogens (tertiary/aromatic N) is 4. The Morgan fingerprint density at radius 3 is 2.04 bits per heavy atom. The molecule has 2 aromatic heterocycles. The van der Waals surface area contributed by atoms with Gasteiger partial charge in [-0.05, 0) is 30.4 Å². The highest BCUT2D eigenvalue weighted by atomic mass is 19.4. The first-order valence-electron chi connectivity index (χ1n) is 13.8. The van der Waals surface area contributed by atoms with Gasteiger partial charge in [-0.15, -0.1) is 0 Å². The maximum atomic E-state index is 13.1. The summed E-state index contributed by atoms with van der Waals surface area (Å²) in [7, 11) is 0. The number of carbonyl (C=O) groups excluding carboxylic acids is 1. The first kappa shape index (κ1) is 35.0. The number of aromatic nitrogens is 3. The van der Waals surface area contributed by atoms with E-state index in [1.54, 1.807) is 12.4 Å². The Bertz CT molecular complexity index is 1420. The molecule has 0 spiro atoms. The van der Waals surface area contributed by atoms with Crippen LogP contribution in [0.25, 0.3) is 5.82 Å². The van der Waals surface area contributed by atoms with Crippen molar-refractivity contribution in [3.05, 3.63) is 77.2 Å². The van der Waals surface area contributed by atoms with Gasteiger partial charge in [0.25, 0.3) is 5.91 Å². The monoisotopic (exact) mass is 643 g/mol. The summed E-state index contributed by atoms with van der Waals surface area (Å²) in [4.78, 5) is 37.9. The van der Waals surface area contributed by atoms with Crippen LogP contribution in [-0.4, -0.2) is 66.6 Å². The fraction of sp³-hybridized carbons (Fsp3) is 0.414. The first-order valence-corrected chi connectivity index (χ1v) is 13.8. The maximum absolute atomic E-state index is 13.1. The molecule has 0 atom stereocenters. The third-order valence-electron chi connectivity index (χ3n) is 6.97. The minimum absolute atomic E-state index is 0.0814. The molecule has 3 heterocycles. The number of halogens is 6. The van der Waals surface area contributed by atoms with Gasteiger partial charge in [-0.2, -0.15) is 31.4 Å². The Morgan fingerprint density at radius 2 is 1.47 bits per heavy atom. The molecule has 0 unspecified atom stereocenters. The van der Waals surface area contributed by atoms with E-state index >= 15 is 0 Å². The number of pyridine rings is 1. The second-order valence-corrected chi connectivity index (χ2v) is 10.4. The lowest BCUT2D eigenvalue weighted by atomic mass is 9.89. The largest absolute Gasteiger partial charge is 0.490 e. The molecule has 5 rings (SSSR count). The number of carbonyl (C=O) groups is 3. The molecule has 1 aromatic carbocycles. The molecule has 1 saturated carbocycles. The minimum Gasteiger partial charge on any atom is -0.475 e. The van der Waals surface area contributed by atoms with E-state index in [2.05, 4.69) is 26.4 Å². The molecule has 0 bridgehead atoms. The Labute approximate surface area is 253 Å². The lowest BCUT2D eigenvalue weighted by Gasteiger charge is -2.28. The van der Waals surface area contributed by atoms with E-state index in [9.17, 15) is 31.1 Å². The van der Waals surface area contributed by atoms with Gasteiger partial charge in [-0.1, -0.05) is 55.7 Å². The number of aliphatic carboxylic acids is 2. The molecule has 45 heavy (non-hydrogen) atoms. The smallest absolute Gasteiger partial charge is 0.475 e. The predicted octanol–water partition coefficient (Wildman–Crippen LogP) is 5.36. The fourth-order valence-corrected chi connectivity index (χ4v) is 4.89. The lowest BCUT2D eigenvalue weighted by molar-refractivity contribution is -0.193. The summed E-state index contributed by atoms with van der Waals surface area (Å²) in [5.41, 5.74) is 3.82. The summed E-state index contributed by atoms with van der Waals surface area (Å²) in [6.07, 6.45) is -0.0280. The summed E-state index contributed by atoms with van der Waals surface area (Å²) in [5.74, 6) is -4.02. The third-order valence-corrected chi connectivity index (χ3v) is 6.97. The minimum atomic E-state index is -5.08. The Morgan fingerprint density at radius 1 is 0.867 bits per heavy atom. The van der Waals surface area contributed by atoms with Gasteiger partial charge in [-0.3, -0.25) is 9.69 Å². The van der Waals surface area contributed by atoms with E-state index in [-0.39, 0.29) is 5.91 Å². The molecule has 2 aliphatic rings. The van der Waals surface area contributed by atoms with E-state index in [0.717, 1.165) is 41.6 Å². The van der Waals surface area contributed by atoms with Crippen LogP contribution in [0.15, 0.2) is 54.9 Å². The molecule has 3 aromatic rings. The number of alkyl halides is 6. The zero-order chi connectivity index (χ0) is 33.2. The molecule has 1 aliphatic carbocycles. The van der Waals surface area contributed by atoms with Crippen molar-refractivity contribution in [1.82, 2.24) is 25.0 Å². The van der Waals surface area contributed by atoms with E-state index in [4.69, 9.17) is 19.8 Å². The first-order chi connectivity index (χ1) is 21.2. The molecule has 1 fully saturated rings. The van der Waals surface area contributed by atoms with Crippen LogP contribution in [0, 0.1) is 5.92 Å². The van der Waals surface area contributed by atoms with E-state index < -0.39 is 24.3 Å². The summed E-state index contributed by atoms with van der Waals surface area (Å²) in [6.45, 7) is 3.12. The van der Waals surface area contributed by atoms with Gasteiger partial charge in [0, 0.05) is 37.9 Å². The SMILES string of the molecule is O=C(NCc1ccccc1)c1cnn2c1CN(CC1CCCCC1)Cc1cccnc1-2.O=C(O)C(F)(F)F.O=C(O)C(F)(F)F. The van der Waals surface area contributed by atoms with Crippen LogP contribution >= 0.6 is 0 Å². The van der Waals surface area contributed by atoms with Gasteiger partial charge in [0.2, 0.25) is 0 Å². The molecule has 1 amide bonds. The Kier molecular flexibility index (Phi) is 12.1. The molecule has 244 valence electrons. The molecular formula is C29H31F6N5O5. The van der Waals surface area contributed by atoms with E-state index in [1.165, 1.54) is 32.1 Å². The topological polar surface area (TPSA) is 138 Å². The van der Waals surface area contributed by atoms with Crippen molar-refractivity contribution in [2.24, 2.45) is 5.92 Å². The van der Waals surface area contributed by atoms with Crippen LogP contribution in [-0.2, 0) is 29.2 Å². The van der Waals surface area contributed by atoms with Crippen LogP contribution in [0.1, 0.15) is 59.3 Å². The van der Waals surface area contributed by atoms with Crippen molar-refractivity contribution in [1.29, 1.82) is 0 Å². The molecule has 1 aliphatic heterocycles. The number of hydrogen-bond donors (Lipinski definition) is 3. The van der Waals surface area contributed by atoms with Crippen molar-refractivity contribution in [3.63, 3.8) is 0 Å². The highest BCUT2D eigenvalue weighted by molar-refractivity contribution is 5.95. The number of carboxylic acids is 2. The van der Waals surface area contributed by atoms with E-state index in [1.807, 2.05) is 41.1 Å². The van der Waals surface area contributed by atoms with Crippen LogP contribution in [0.4, 0.5) is 26.3 Å². The second-order valence-electron chi connectivity index (χ2n) is 10.4. The molecule has 10 nitrogen and oxygen atoms in total. The van der Waals surface area contributed by atoms with Gasteiger partial charge in [0.15, 0.2) is 5.82 Å². The third kappa shape index (κ3) is 10.6. The summed E-state index contributed by atoms with van der Waals surface area (Å²) < 4.78 is 65.3. The Hall–Kier alpha value is -4.47. The van der Waals surface area contributed by atoms with Crippen LogP contribution < -0.4 is 5.32 Å². The average Bonchev–Trinajstić information content (AvgIpc) is 3.33. The zero-order valence-electron chi connectivity index (χ0n) is 23.8. The number of hydrogen-bond acceptors (Lipinski definition) is 6. The molecule has 0 radical (unpaired) electrons. The van der Waals surface area contributed by atoms with Crippen molar-refractivity contribution >= 4 is 17.8 Å². The van der Waals surface area contributed by atoms with Gasteiger partial charge < -0.3 is 15.5 Å². The van der Waals surface area contributed by atoms with Gasteiger partial charge in [0.1, 0.15) is 0 Å². The highest BCUT2D eigenvalue weighted by Gasteiger charge is 2.39. The normalized spacial score (nSPS) is 15.2. The van der Waals surface area contributed by atoms with E-state index in [0.29, 0.717) is 18.7 Å². The van der Waals surface area contributed by atoms with Gasteiger partial charge in [-0.25, -0.2) is 19.3 Å². The van der Waals surface area contributed by atoms with Crippen LogP contribution in [0.2, 0.25) is 0 Å². The quantitative estimate of drug-likeness (QED) is 0.316. The second kappa shape index (κ2) is 15.5. The highest BCUT2D eigenvalue weighted by Crippen LogP contribution is 2.29. The lowest BCUT2D eigenvalue weighted by Crippen LogP contribution is -2.31. The van der Waals surface area contributed by atoms with Crippen molar-refractivity contribution in [2.45, 2.75) is 64.1 Å². The Balaban J connectivity index is 0.000000331. The molecule has 3 N–H and O–H groups in total. The van der Waals surface area contributed by atoms with Crippen molar-refractivity contribution < 1.29 is 50.9 Å². The summed E-state index contributed by atoms with van der Waals surface area (Å²) in [5, 5.41) is 21.9. The van der Waals surface area contributed by atoms with Crippen LogP contribution in [0.3, 0.4) is 0 Å². The fourth-order valence-electron chi connectivity index (χ4n) is 4.89. The zero-order valence-corrected chi connectivity index (χ0v) is 23.8. The number of amides is 1. The number of fused-ring (bicyclic) bond motifs is 3.